The SMILES string of the molecule is CCCC(C)C1c2c(c(OCC)c(OC)c(OC)c2OCC)C[C@@H](CCC[C@](C#N)(c2ccc(OC)c(OC)c2)C(C)C)N1c1ccccc1. The summed E-state index contributed by atoms with van der Waals surface area (Å²) < 4.78 is 36.2. The quantitative estimate of drug-likeness (QED) is 0.131. The van der Waals surface area contributed by atoms with E-state index in [1.807, 2.05) is 32.0 Å². The van der Waals surface area contributed by atoms with Crippen molar-refractivity contribution in [2.24, 2.45) is 11.8 Å². The Morgan fingerprint density at radius 3 is 2.02 bits per heavy atom. The van der Waals surface area contributed by atoms with Gasteiger partial charge in [-0.3, -0.25) is 0 Å². The average molecular weight is 687 g/mol. The zero-order chi connectivity index (χ0) is 36.4. The van der Waals surface area contributed by atoms with E-state index in [1.54, 1.807) is 28.4 Å². The lowest BCUT2D eigenvalue weighted by Crippen LogP contribution is -2.47. The Morgan fingerprint density at radius 1 is 0.820 bits per heavy atom. The van der Waals surface area contributed by atoms with Crippen molar-refractivity contribution in [1.82, 2.24) is 0 Å². The van der Waals surface area contributed by atoms with Gasteiger partial charge in [0.15, 0.2) is 23.0 Å². The van der Waals surface area contributed by atoms with Crippen molar-refractivity contribution in [3.8, 4) is 40.6 Å². The van der Waals surface area contributed by atoms with Crippen LogP contribution in [-0.2, 0) is 11.8 Å². The predicted molar refractivity (Wildman–Crippen MR) is 201 cm³/mol. The molecule has 1 aliphatic heterocycles. The molecule has 8 heteroatoms. The van der Waals surface area contributed by atoms with Gasteiger partial charge in [0, 0.05) is 22.9 Å². The highest BCUT2D eigenvalue weighted by molar-refractivity contribution is 5.71. The number of nitriles is 1. The fourth-order valence-electron chi connectivity index (χ4n) is 8.03. The second-order valence-corrected chi connectivity index (χ2v) is 13.5. The standard InChI is InChI=1S/C42H58N2O6/c1-11-18-29(6)37-36-33(38(49-12-2)40(47-9)41(48-10)39(36)50-13-3)26-32(44(37)31-19-15-14-16-20-31)21-17-24-42(27-43,28(4)5)30-22-23-34(45-7)35(25-30)46-8/h14-16,19-20,22-23,25,28-29,32,37H,11-13,17-18,21,24,26H2,1-10H3/t29?,32-,37?,42-/m1/s1. The smallest absolute Gasteiger partial charge is 0.207 e. The Balaban J connectivity index is 1.89. The molecule has 8 nitrogen and oxygen atoms in total. The zero-order valence-corrected chi connectivity index (χ0v) is 31.9. The number of hydrogen-bond donors (Lipinski definition) is 0. The number of anilines is 1. The Labute approximate surface area is 300 Å². The molecule has 4 atom stereocenters. The second kappa shape index (κ2) is 17.6. The minimum atomic E-state index is -0.701. The maximum atomic E-state index is 10.9. The first kappa shape index (κ1) is 38.6. The first-order valence-electron chi connectivity index (χ1n) is 18.2. The number of fused-ring (bicyclic) bond motifs is 1. The maximum Gasteiger partial charge on any atom is 0.207 e. The third kappa shape index (κ3) is 7.43. The number of hydrogen-bond acceptors (Lipinski definition) is 8. The third-order valence-corrected chi connectivity index (χ3v) is 10.4. The summed E-state index contributed by atoms with van der Waals surface area (Å²) in [6, 6.07) is 19.5. The van der Waals surface area contributed by atoms with Gasteiger partial charge in [-0.25, -0.2) is 0 Å². The monoisotopic (exact) mass is 686 g/mol. The highest BCUT2D eigenvalue weighted by atomic mass is 16.5. The van der Waals surface area contributed by atoms with E-state index in [0.29, 0.717) is 42.6 Å². The van der Waals surface area contributed by atoms with Crippen LogP contribution >= 0.6 is 0 Å². The molecular weight excluding hydrogens is 628 g/mol. The van der Waals surface area contributed by atoms with Gasteiger partial charge in [0.25, 0.3) is 0 Å². The van der Waals surface area contributed by atoms with E-state index in [4.69, 9.17) is 28.4 Å². The van der Waals surface area contributed by atoms with Crippen LogP contribution in [0.2, 0.25) is 0 Å². The van der Waals surface area contributed by atoms with Crippen molar-refractivity contribution < 1.29 is 28.4 Å². The van der Waals surface area contributed by atoms with Crippen molar-refractivity contribution in [3.05, 3.63) is 65.2 Å². The lowest BCUT2D eigenvalue weighted by molar-refractivity contribution is 0.255. The fourth-order valence-corrected chi connectivity index (χ4v) is 8.03. The molecule has 1 heterocycles. The van der Waals surface area contributed by atoms with Crippen molar-refractivity contribution >= 4 is 5.69 Å². The largest absolute Gasteiger partial charge is 0.493 e. The van der Waals surface area contributed by atoms with Gasteiger partial charge < -0.3 is 33.3 Å². The van der Waals surface area contributed by atoms with E-state index < -0.39 is 5.41 Å². The number of benzene rings is 3. The van der Waals surface area contributed by atoms with E-state index in [1.165, 1.54) is 5.69 Å². The number of nitrogens with zero attached hydrogens (tertiary/aromatic N) is 2. The molecule has 3 aromatic rings. The Hall–Kier alpha value is -4.25. The Morgan fingerprint density at radius 2 is 1.46 bits per heavy atom. The van der Waals surface area contributed by atoms with Gasteiger partial charge in [0.1, 0.15) is 0 Å². The van der Waals surface area contributed by atoms with Gasteiger partial charge in [0.05, 0.1) is 59.2 Å². The lowest BCUT2D eigenvalue weighted by Gasteiger charge is -2.48. The summed E-state index contributed by atoms with van der Waals surface area (Å²) in [7, 11) is 6.60. The summed E-state index contributed by atoms with van der Waals surface area (Å²) in [5.41, 5.74) is 3.66. The fraction of sp³-hybridized carbons (Fsp3) is 0.548. The molecule has 0 bridgehead atoms. The van der Waals surface area contributed by atoms with Crippen molar-refractivity contribution in [3.63, 3.8) is 0 Å². The molecular formula is C42H58N2O6. The average Bonchev–Trinajstić information content (AvgIpc) is 3.13. The van der Waals surface area contributed by atoms with E-state index in [0.717, 1.165) is 60.3 Å². The summed E-state index contributed by atoms with van der Waals surface area (Å²) in [6.45, 7) is 13.9. The number of ether oxygens (including phenoxy) is 6. The summed E-state index contributed by atoms with van der Waals surface area (Å²) in [4.78, 5) is 2.62. The molecule has 0 spiro atoms. The second-order valence-electron chi connectivity index (χ2n) is 13.5. The molecule has 0 saturated heterocycles. The minimum absolute atomic E-state index is 0.0108. The summed E-state index contributed by atoms with van der Waals surface area (Å²) in [6.07, 6.45) is 5.23. The third-order valence-electron chi connectivity index (χ3n) is 10.4. The molecule has 0 aromatic heterocycles. The number of rotatable bonds is 18. The molecule has 3 aromatic carbocycles. The van der Waals surface area contributed by atoms with Crippen molar-refractivity contribution in [1.29, 1.82) is 5.26 Å². The van der Waals surface area contributed by atoms with Crippen LogP contribution in [0.25, 0.3) is 0 Å². The summed E-state index contributed by atoms with van der Waals surface area (Å²) >= 11 is 0. The van der Waals surface area contributed by atoms with E-state index in [-0.39, 0.29) is 23.9 Å². The van der Waals surface area contributed by atoms with Crippen LogP contribution in [0.4, 0.5) is 5.69 Å². The van der Waals surface area contributed by atoms with Crippen LogP contribution in [0.15, 0.2) is 48.5 Å². The molecule has 2 unspecified atom stereocenters. The molecule has 0 fully saturated rings. The molecule has 272 valence electrons. The molecule has 0 amide bonds. The van der Waals surface area contributed by atoms with Gasteiger partial charge in [-0.05, 0) is 87.6 Å². The maximum absolute atomic E-state index is 10.9. The lowest BCUT2D eigenvalue weighted by atomic mass is 9.69. The molecule has 0 N–H and O–H groups in total. The van der Waals surface area contributed by atoms with Gasteiger partial charge in [0.2, 0.25) is 11.5 Å². The van der Waals surface area contributed by atoms with Crippen LogP contribution in [0.1, 0.15) is 96.4 Å². The Kier molecular flexibility index (Phi) is 13.6. The van der Waals surface area contributed by atoms with Crippen LogP contribution in [0, 0.1) is 23.2 Å². The molecule has 4 rings (SSSR count). The van der Waals surface area contributed by atoms with Crippen LogP contribution in [-0.4, -0.2) is 47.7 Å². The molecule has 0 radical (unpaired) electrons. The van der Waals surface area contributed by atoms with Gasteiger partial charge in [-0.2, -0.15) is 5.26 Å². The first-order chi connectivity index (χ1) is 24.2. The summed E-state index contributed by atoms with van der Waals surface area (Å²) in [5.74, 6) is 4.26. The van der Waals surface area contributed by atoms with E-state index in [2.05, 4.69) is 69.0 Å². The van der Waals surface area contributed by atoms with E-state index >= 15 is 0 Å². The van der Waals surface area contributed by atoms with Crippen molar-refractivity contribution in [2.75, 3.05) is 46.6 Å². The van der Waals surface area contributed by atoms with Crippen LogP contribution in [0.3, 0.4) is 0 Å². The molecule has 1 aliphatic rings. The first-order valence-corrected chi connectivity index (χ1v) is 18.2. The highest BCUT2D eigenvalue weighted by Gasteiger charge is 2.44. The predicted octanol–water partition coefficient (Wildman–Crippen LogP) is 9.71. The van der Waals surface area contributed by atoms with Crippen LogP contribution < -0.4 is 33.3 Å². The topological polar surface area (TPSA) is 82.4 Å². The normalized spacial score (nSPS) is 17.3. The van der Waals surface area contributed by atoms with Gasteiger partial charge in [-0.1, -0.05) is 58.4 Å². The van der Waals surface area contributed by atoms with E-state index in [9.17, 15) is 5.26 Å². The highest BCUT2D eigenvalue weighted by Crippen LogP contribution is 2.57. The number of para-hydroxylation sites is 1. The van der Waals surface area contributed by atoms with Crippen molar-refractivity contribution in [2.45, 2.75) is 97.6 Å². The Bertz CT molecular complexity index is 1590. The number of methoxy groups -OCH3 is 4. The summed E-state index contributed by atoms with van der Waals surface area (Å²) in [5, 5.41) is 10.9. The van der Waals surface area contributed by atoms with Gasteiger partial charge >= 0.3 is 0 Å². The molecule has 0 aliphatic carbocycles. The van der Waals surface area contributed by atoms with Crippen LogP contribution in [0.5, 0.6) is 34.5 Å². The molecule has 50 heavy (non-hydrogen) atoms. The molecule has 0 saturated carbocycles. The zero-order valence-electron chi connectivity index (χ0n) is 31.9. The minimum Gasteiger partial charge on any atom is -0.493 e. The van der Waals surface area contributed by atoms with Gasteiger partial charge in [-0.15, -0.1) is 0 Å².